The number of carboxylic acid groups (broad SMARTS) is 1. The van der Waals surface area contributed by atoms with Gasteiger partial charge in [0.05, 0.1) is 12.0 Å². The van der Waals surface area contributed by atoms with E-state index in [2.05, 4.69) is 15.3 Å². The molecule has 1 saturated heterocycles. The van der Waals surface area contributed by atoms with E-state index in [-0.39, 0.29) is 11.5 Å². The number of amides is 2. The third kappa shape index (κ3) is 3.33. The monoisotopic (exact) mass is 371 g/mol. The number of nitrogens with zero attached hydrogens (tertiary/aromatic N) is 2. The van der Waals surface area contributed by atoms with Crippen LogP contribution in [-0.2, 0) is 20.8 Å². The van der Waals surface area contributed by atoms with Crippen molar-refractivity contribution in [3.63, 3.8) is 0 Å². The van der Waals surface area contributed by atoms with E-state index < -0.39 is 29.7 Å². The van der Waals surface area contributed by atoms with Crippen molar-refractivity contribution >= 4 is 52.2 Å². The molecule has 2 heterocycles. The number of nitrogens with one attached hydrogen (secondary N) is 2. The number of aliphatic imine (C=N–C) groups is 1. The van der Waals surface area contributed by atoms with Crippen LogP contribution in [0.15, 0.2) is 35.5 Å². The number of rotatable bonds is 5. The lowest BCUT2D eigenvalue weighted by Gasteiger charge is -2.27. The molecule has 9 heteroatoms. The first-order valence-electron chi connectivity index (χ1n) is 7.80. The van der Waals surface area contributed by atoms with Crippen LogP contribution in [0.3, 0.4) is 0 Å². The zero-order valence-corrected chi connectivity index (χ0v) is 14.6. The van der Waals surface area contributed by atoms with E-state index in [4.69, 9.17) is 12.2 Å². The number of fused-ring (bicyclic) bond motifs is 1. The molecule has 0 radical (unpaired) electrons. The lowest BCUT2D eigenvalue weighted by Crippen LogP contribution is -2.56. The van der Waals surface area contributed by atoms with Gasteiger partial charge in [0.15, 0.2) is 11.0 Å². The summed E-state index contributed by atoms with van der Waals surface area (Å²) in [6, 6.07) is 6.23. The van der Waals surface area contributed by atoms with Gasteiger partial charge in [0.25, 0.3) is 0 Å². The van der Waals surface area contributed by atoms with Gasteiger partial charge in [-0.2, -0.15) is 0 Å². The fraction of sp³-hybridized carbons (Fsp3) is 0.235. The van der Waals surface area contributed by atoms with Gasteiger partial charge in [-0.05, 0) is 23.8 Å². The van der Waals surface area contributed by atoms with Crippen molar-refractivity contribution in [2.45, 2.75) is 12.5 Å². The van der Waals surface area contributed by atoms with E-state index in [9.17, 15) is 19.5 Å². The zero-order valence-electron chi connectivity index (χ0n) is 13.8. The summed E-state index contributed by atoms with van der Waals surface area (Å²) in [6.45, 7) is 0. The maximum Gasteiger partial charge on any atom is 0.246 e. The number of aromatic amines is 1. The third-order valence-corrected chi connectivity index (χ3v) is 4.57. The standard InChI is InChI=1S/C17H16N4O4S/c1-21-15(23)11(14(22)20-17(21)26)8-19-13(16(24)25)6-9-7-18-12-5-3-2-4-10(9)12/h2-5,7-8,11,13,18H,6H2,1H3,(H,24,25)(H,20,22,26)/p-1/t11-,13-/m0/s1. The number of hydrogen-bond acceptors (Lipinski definition) is 6. The number of para-hydroxylation sites is 1. The highest BCUT2D eigenvalue weighted by molar-refractivity contribution is 7.80. The number of carbonyl (C=O) groups is 3. The van der Waals surface area contributed by atoms with Crippen molar-refractivity contribution in [3.8, 4) is 0 Å². The molecule has 1 aliphatic rings. The summed E-state index contributed by atoms with van der Waals surface area (Å²) < 4.78 is 0. The van der Waals surface area contributed by atoms with E-state index in [0.717, 1.165) is 27.6 Å². The van der Waals surface area contributed by atoms with Crippen LogP contribution >= 0.6 is 12.2 Å². The van der Waals surface area contributed by atoms with Crippen LogP contribution in [0, 0.1) is 5.92 Å². The minimum absolute atomic E-state index is 0.0000983. The van der Waals surface area contributed by atoms with Crippen LogP contribution in [0.2, 0.25) is 0 Å². The zero-order chi connectivity index (χ0) is 18.8. The van der Waals surface area contributed by atoms with Crippen molar-refractivity contribution in [2.75, 3.05) is 7.05 Å². The lowest BCUT2D eigenvalue weighted by molar-refractivity contribution is -0.307. The molecule has 1 aliphatic heterocycles. The van der Waals surface area contributed by atoms with Gasteiger partial charge in [-0.25, -0.2) is 0 Å². The topological polar surface area (TPSA) is 118 Å². The van der Waals surface area contributed by atoms with Crippen LogP contribution in [0.5, 0.6) is 0 Å². The Bertz CT molecular complexity index is 936. The molecule has 1 aromatic carbocycles. The molecule has 1 fully saturated rings. The molecule has 8 nitrogen and oxygen atoms in total. The smallest absolute Gasteiger partial charge is 0.246 e. The number of carboxylic acids is 1. The van der Waals surface area contributed by atoms with Crippen molar-refractivity contribution in [2.24, 2.45) is 10.9 Å². The Balaban J connectivity index is 1.81. The van der Waals surface area contributed by atoms with Gasteiger partial charge < -0.3 is 20.2 Å². The Morgan fingerprint density at radius 3 is 2.88 bits per heavy atom. The second-order valence-corrected chi connectivity index (χ2v) is 6.25. The molecular formula is C17H15N4O4S-. The Morgan fingerprint density at radius 1 is 1.42 bits per heavy atom. The van der Waals surface area contributed by atoms with Crippen LogP contribution in [-0.4, -0.2) is 52.1 Å². The number of thiocarbonyl (C=S) groups is 1. The molecule has 3 rings (SSSR count). The number of carbonyl (C=O) groups excluding carboxylic acids is 3. The number of aromatic nitrogens is 1. The Labute approximate surface area is 153 Å². The van der Waals surface area contributed by atoms with E-state index >= 15 is 0 Å². The SMILES string of the molecule is CN1C(=O)[C@@H](C=N[C@@H](Cc2c[nH]c3ccccc23)C(=O)[O-])C(=O)NC1=S. The first-order valence-corrected chi connectivity index (χ1v) is 8.21. The normalized spacial score (nSPS) is 19.2. The maximum atomic E-state index is 12.1. The first kappa shape index (κ1) is 17.7. The van der Waals surface area contributed by atoms with Crippen molar-refractivity contribution in [3.05, 3.63) is 36.0 Å². The molecule has 0 unspecified atom stereocenters. The molecule has 2 atom stereocenters. The molecule has 2 amide bonds. The van der Waals surface area contributed by atoms with Crippen LogP contribution in [0.4, 0.5) is 0 Å². The molecule has 0 bridgehead atoms. The molecule has 0 saturated carbocycles. The summed E-state index contributed by atoms with van der Waals surface area (Å²) in [5.41, 5.74) is 1.63. The van der Waals surface area contributed by atoms with Crippen LogP contribution in [0.25, 0.3) is 10.9 Å². The van der Waals surface area contributed by atoms with Crippen molar-refractivity contribution in [1.29, 1.82) is 0 Å². The van der Waals surface area contributed by atoms with E-state index in [1.165, 1.54) is 7.05 Å². The highest BCUT2D eigenvalue weighted by atomic mass is 32.1. The highest BCUT2D eigenvalue weighted by Gasteiger charge is 2.35. The molecule has 0 aliphatic carbocycles. The number of aliphatic carboxylic acids is 1. The largest absolute Gasteiger partial charge is 0.548 e. The lowest BCUT2D eigenvalue weighted by atomic mass is 10.0. The summed E-state index contributed by atoms with van der Waals surface area (Å²) in [5, 5.41) is 14.7. The van der Waals surface area contributed by atoms with Crippen molar-refractivity contribution in [1.82, 2.24) is 15.2 Å². The van der Waals surface area contributed by atoms with E-state index in [1.54, 1.807) is 6.20 Å². The fourth-order valence-electron chi connectivity index (χ4n) is 2.71. The summed E-state index contributed by atoms with van der Waals surface area (Å²) >= 11 is 4.86. The second-order valence-electron chi connectivity index (χ2n) is 5.87. The molecule has 2 N–H and O–H groups in total. The molecule has 26 heavy (non-hydrogen) atoms. The van der Waals surface area contributed by atoms with Crippen LogP contribution in [0.1, 0.15) is 5.56 Å². The number of H-pyrrole nitrogens is 1. The Morgan fingerprint density at radius 2 is 2.15 bits per heavy atom. The highest BCUT2D eigenvalue weighted by Crippen LogP contribution is 2.20. The minimum Gasteiger partial charge on any atom is -0.548 e. The van der Waals surface area contributed by atoms with Gasteiger partial charge in [0, 0.05) is 36.8 Å². The quantitative estimate of drug-likeness (QED) is 0.413. The first-order chi connectivity index (χ1) is 12.4. The van der Waals surface area contributed by atoms with Gasteiger partial charge in [0.2, 0.25) is 11.8 Å². The average molecular weight is 371 g/mol. The van der Waals surface area contributed by atoms with Crippen LogP contribution < -0.4 is 10.4 Å². The van der Waals surface area contributed by atoms with Gasteiger partial charge >= 0.3 is 0 Å². The maximum absolute atomic E-state index is 12.1. The number of benzene rings is 1. The van der Waals surface area contributed by atoms with Gasteiger partial charge in [-0.3, -0.25) is 19.5 Å². The summed E-state index contributed by atoms with van der Waals surface area (Å²) in [7, 11) is 1.42. The predicted octanol–water partition coefficient (Wildman–Crippen LogP) is -0.611. The summed E-state index contributed by atoms with van der Waals surface area (Å²) in [6.07, 6.45) is 2.83. The summed E-state index contributed by atoms with van der Waals surface area (Å²) in [5.74, 6) is -3.81. The molecular weight excluding hydrogens is 356 g/mol. The molecule has 134 valence electrons. The third-order valence-electron chi connectivity index (χ3n) is 4.19. The Hall–Kier alpha value is -3.07. The van der Waals surface area contributed by atoms with Gasteiger partial charge in [-0.15, -0.1) is 0 Å². The molecule has 2 aromatic rings. The van der Waals surface area contributed by atoms with Gasteiger partial charge in [0.1, 0.15) is 0 Å². The van der Waals surface area contributed by atoms with E-state index in [1.807, 2.05) is 24.3 Å². The second kappa shape index (κ2) is 7.04. The summed E-state index contributed by atoms with van der Waals surface area (Å²) in [4.78, 5) is 43.6. The predicted molar refractivity (Wildman–Crippen MR) is 96.3 cm³/mol. The fourth-order valence-corrected chi connectivity index (χ4v) is 2.91. The average Bonchev–Trinajstić information content (AvgIpc) is 3.01. The van der Waals surface area contributed by atoms with Crippen molar-refractivity contribution < 1.29 is 19.5 Å². The van der Waals surface area contributed by atoms with E-state index in [0.29, 0.717) is 0 Å². The number of hydrogen-bond donors (Lipinski definition) is 2. The molecule has 1 aromatic heterocycles. The molecule has 0 spiro atoms. The van der Waals surface area contributed by atoms with Gasteiger partial charge in [-0.1, -0.05) is 18.2 Å². The Kier molecular flexibility index (Phi) is 4.81. The minimum atomic E-state index is -1.39.